The first-order valence-corrected chi connectivity index (χ1v) is 12.7. The molecule has 2 aromatic carbocycles. The molecule has 184 valence electrons. The molecule has 10 nitrogen and oxygen atoms in total. The number of urea groups is 1. The van der Waals surface area contributed by atoms with Crippen molar-refractivity contribution in [1.29, 1.82) is 0 Å². The molecule has 1 aliphatic heterocycles. The van der Waals surface area contributed by atoms with Crippen molar-refractivity contribution in [2.75, 3.05) is 51.5 Å². The maximum atomic E-state index is 12.1. The molecule has 1 aliphatic rings. The Labute approximate surface area is 199 Å². The van der Waals surface area contributed by atoms with Crippen molar-refractivity contribution >= 4 is 27.5 Å². The number of sulfone groups is 1. The number of nitrogens with one attached hydrogen (secondary N) is 2. The zero-order chi connectivity index (χ0) is 24.6. The molecule has 1 heterocycles. The van der Waals surface area contributed by atoms with Gasteiger partial charge in [0.25, 0.3) is 0 Å². The minimum atomic E-state index is -3.28. The molecule has 0 atom stereocenters. The highest BCUT2D eigenvalue weighted by molar-refractivity contribution is 7.90. The summed E-state index contributed by atoms with van der Waals surface area (Å²) < 4.78 is 39.8. The maximum Gasteiger partial charge on any atom is 0.325 e. The number of ether oxygens (including phenoxy) is 3. The van der Waals surface area contributed by atoms with Crippen LogP contribution in [0.1, 0.15) is 12.8 Å². The maximum absolute atomic E-state index is 12.1. The van der Waals surface area contributed by atoms with E-state index in [0.717, 1.165) is 6.26 Å². The van der Waals surface area contributed by atoms with E-state index in [1.165, 1.54) is 12.1 Å². The molecule has 0 bridgehead atoms. The molecule has 0 radical (unpaired) electrons. The smallest absolute Gasteiger partial charge is 0.325 e. The molecule has 3 amide bonds. The Morgan fingerprint density at radius 1 is 1.06 bits per heavy atom. The van der Waals surface area contributed by atoms with Crippen LogP contribution >= 0.6 is 0 Å². The van der Waals surface area contributed by atoms with Gasteiger partial charge < -0.3 is 24.4 Å². The average Bonchev–Trinajstić information content (AvgIpc) is 2.80. The highest BCUT2D eigenvalue weighted by Gasteiger charge is 2.14. The monoisotopic (exact) mass is 491 g/mol. The number of fused-ring (bicyclic) bond motifs is 1. The van der Waals surface area contributed by atoms with Gasteiger partial charge in [0.05, 0.1) is 11.5 Å². The number of hydrogen-bond acceptors (Lipinski definition) is 8. The molecule has 0 saturated heterocycles. The van der Waals surface area contributed by atoms with Gasteiger partial charge in [0.1, 0.15) is 19.0 Å². The lowest BCUT2D eigenvalue weighted by atomic mass is 10.2. The molecule has 3 rings (SSSR count). The van der Waals surface area contributed by atoms with Gasteiger partial charge in [0.15, 0.2) is 21.3 Å². The zero-order valence-electron chi connectivity index (χ0n) is 19.2. The largest absolute Gasteiger partial charge is 0.494 e. The lowest BCUT2D eigenvalue weighted by molar-refractivity contribution is -0.120. The molecular formula is C23H29N3O7S. The van der Waals surface area contributed by atoms with Crippen molar-refractivity contribution in [3.05, 3.63) is 42.5 Å². The third kappa shape index (κ3) is 7.92. The number of imide groups is 1. The Balaban J connectivity index is 1.32. The van der Waals surface area contributed by atoms with Gasteiger partial charge in [-0.1, -0.05) is 6.07 Å². The van der Waals surface area contributed by atoms with Crippen LogP contribution in [0.3, 0.4) is 0 Å². The second-order valence-electron chi connectivity index (χ2n) is 7.86. The number of rotatable bonds is 10. The minimum absolute atomic E-state index is 0.155. The van der Waals surface area contributed by atoms with Crippen LogP contribution in [0.5, 0.6) is 17.2 Å². The number of carbonyl (C=O) groups is 2. The van der Waals surface area contributed by atoms with Crippen molar-refractivity contribution in [3.8, 4) is 17.2 Å². The van der Waals surface area contributed by atoms with Crippen molar-refractivity contribution in [2.45, 2.75) is 17.7 Å². The van der Waals surface area contributed by atoms with E-state index in [2.05, 4.69) is 10.6 Å². The summed E-state index contributed by atoms with van der Waals surface area (Å²) in [7, 11) is -1.41. The van der Waals surface area contributed by atoms with Gasteiger partial charge in [-0.05, 0) is 43.8 Å². The van der Waals surface area contributed by atoms with Gasteiger partial charge in [-0.2, -0.15) is 0 Å². The zero-order valence-corrected chi connectivity index (χ0v) is 20.0. The third-order valence-electron chi connectivity index (χ3n) is 4.96. The lowest BCUT2D eigenvalue weighted by Gasteiger charge is -2.19. The normalized spacial score (nSPS) is 12.8. The number of hydrogen-bond donors (Lipinski definition) is 2. The van der Waals surface area contributed by atoms with Gasteiger partial charge in [0.2, 0.25) is 5.91 Å². The van der Waals surface area contributed by atoms with Crippen molar-refractivity contribution in [2.24, 2.45) is 0 Å². The Hall–Kier alpha value is -3.31. The van der Waals surface area contributed by atoms with Crippen molar-refractivity contribution in [1.82, 2.24) is 10.2 Å². The van der Waals surface area contributed by atoms with Crippen molar-refractivity contribution < 1.29 is 32.2 Å². The molecule has 2 N–H and O–H groups in total. The summed E-state index contributed by atoms with van der Waals surface area (Å²) in [5, 5.41) is 4.92. The molecule has 34 heavy (non-hydrogen) atoms. The van der Waals surface area contributed by atoms with Gasteiger partial charge in [0, 0.05) is 37.5 Å². The SMILES string of the molecule is CN(CCCOc1cccc(S(C)(=O)=O)c1)CCC(=O)NC(=O)Nc1ccc2c(c1)OCCO2. The number of benzene rings is 2. The van der Waals surface area contributed by atoms with Crippen LogP contribution in [0.4, 0.5) is 10.5 Å². The fraction of sp³-hybridized carbons (Fsp3) is 0.391. The first kappa shape index (κ1) is 25.3. The molecular weight excluding hydrogens is 462 g/mol. The minimum Gasteiger partial charge on any atom is -0.494 e. The van der Waals surface area contributed by atoms with E-state index in [1.54, 1.807) is 30.3 Å². The summed E-state index contributed by atoms with van der Waals surface area (Å²) in [5.41, 5.74) is 0.494. The van der Waals surface area contributed by atoms with Crippen LogP contribution in [0.15, 0.2) is 47.4 Å². The lowest BCUT2D eigenvalue weighted by Crippen LogP contribution is -2.36. The number of nitrogens with zero attached hydrogens (tertiary/aromatic N) is 1. The Morgan fingerprint density at radius 3 is 2.59 bits per heavy atom. The number of anilines is 1. The molecule has 0 fully saturated rings. The first-order chi connectivity index (χ1) is 16.2. The second kappa shape index (κ2) is 11.7. The van der Waals surface area contributed by atoms with Crippen molar-refractivity contribution in [3.63, 3.8) is 0 Å². The summed E-state index contributed by atoms with van der Waals surface area (Å²) in [5.74, 6) is 1.26. The van der Waals surface area contributed by atoms with E-state index < -0.39 is 21.8 Å². The molecule has 0 saturated carbocycles. The number of amides is 3. The first-order valence-electron chi connectivity index (χ1n) is 10.8. The molecule has 0 spiro atoms. The van der Waals surface area contributed by atoms with Crippen LogP contribution in [0.25, 0.3) is 0 Å². The highest BCUT2D eigenvalue weighted by Crippen LogP contribution is 2.32. The van der Waals surface area contributed by atoms with Crippen LogP contribution in [-0.2, 0) is 14.6 Å². The predicted octanol–water partition coefficient (Wildman–Crippen LogP) is 2.30. The van der Waals surface area contributed by atoms with Gasteiger partial charge in [-0.15, -0.1) is 0 Å². The highest BCUT2D eigenvalue weighted by atomic mass is 32.2. The fourth-order valence-corrected chi connectivity index (χ4v) is 3.85. The van der Waals surface area contributed by atoms with Gasteiger partial charge >= 0.3 is 6.03 Å². The van der Waals surface area contributed by atoms with Crippen LogP contribution in [-0.4, -0.2) is 71.5 Å². The third-order valence-corrected chi connectivity index (χ3v) is 6.07. The van der Waals surface area contributed by atoms with E-state index in [1.807, 2.05) is 11.9 Å². The Morgan fingerprint density at radius 2 is 1.82 bits per heavy atom. The average molecular weight is 492 g/mol. The van der Waals surface area contributed by atoms with E-state index >= 15 is 0 Å². The second-order valence-corrected chi connectivity index (χ2v) is 9.88. The van der Waals surface area contributed by atoms with E-state index in [4.69, 9.17) is 14.2 Å². The summed E-state index contributed by atoms with van der Waals surface area (Å²) in [4.78, 5) is 26.3. The Bertz CT molecular complexity index is 1120. The van der Waals surface area contributed by atoms with E-state index in [0.29, 0.717) is 62.3 Å². The molecule has 11 heteroatoms. The predicted molar refractivity (Wildman–Crippen MR) is 126 cm³/mol. The van der Waals surface area contributed by atoms with E-state index in [9.17, 15) is 18.0 Å². The topological polar surface area (TPSA) is 123 Å². The fourth-order valence-electron chi connectivity index (χ4n) is 3.20. The molecule has 2 aromatic rings. The van der Waals surface area contributed by atoms with Crippen LogP contribution in [0.2, 0.25) is 0 Å². The summed E-state index contributed by atoms with van der Waals surface area (Å²) in [6.07, 6.45) is 1.99. The quantitative estimate of drug-likeness (QED) is 0.486. The molecule has 0 aliphatic carbocycles. The molecule has 0 unspecified atom stereocenters. The van der Waals surface area contributed by atoms with Gasteiger partial charge in [-0.25, -0.2) is 13.2 Å². The number of carbonyl (C=O) groups excluding carboxylic acids is 2. The van der Waals surface area contributed by atoms with E-state index in [-0.39, 0.29) is 11.3 Å². The summed E-state index contributed by atoms with van der Waals surface area (Å²) >= 11 is 0. The van der Waals surface area contributed by atoms with Crippen LogP contribution in [0, 0.1) is 0 Å². The summed E-state index contributed by atoms with van der Waals surface area (Å²) in [6, 6.07) is 10.8. The van der Waals surface area contributed by atoms with Gasteiger partial charge in [-0.3, -0.25) is 10.1 Å². The summed E-state index contributed by atoms with van der Waals surface area (Å²) in [6.45, 7) is 2.46. The standard InChI is InChI=1S/C23H29N3O7S/c1-26(10-4-12-31-18-5-3-6-19(16-18)34(2,29)30)11-9-22(27)25-23(28)24-17-7-8-20-21(15-17)33-14-13-32-20/h3,5-8,15-16H,4,9-14H2,1-2H3,(H2,24,25,27,28). The van der Waals surface area contributed by atoms with Crippen LogP contribution < -0.4 is 24.8 Å². The Kier molecular flexibility index (Phi) is 8.72. The molecule has 0 aromatic heterocycles.